The first kappa shape index (κ1) is 23.7. The number of anilines is 1. The average molecular weight is 473 g/mol. The largest absolute Gasteiger partial charge is 0.453 e. The van der Waals surface area contributed by atoms with Gasteiger partial charge in [0.05, 0.1) is 17.3 Å². The van der Waals surface area contributed by atoms with Gasteiger partial charge >= 0.3 is 6.18 Å². The topological polar surface area (TPSA) is 75.9 Å². The monoisotopic (exact) mass is 472 g/mol. The van der Waals surface area contributed by atoms with Gasteiger partial charge in [-0.3, -0.25) is 4.79 Å². The number of piperidine rings is 1. The van der Waals surface area contributed by atoms with Crippen LogP contribution in [0.5, 0.6) is 0 Å². The highest BCUT2D eigenvalue weighted by Crippen LogP contribution is 2.29. The molecule has 1 amide bonds. The quantitative estimate of drug-likeness (QED) is 0.585. The third kappa shape index (κ3) is 5.05. The number of aryl methyl sites for hydroxylation is 2. The van der Waals surface area contributed by atoms with Crippen molar-refractivity contribution in [3.63, 3.8) is 0 Å². The van der Waals surface area contributed by atoms with Crippen LogP contribution in [-0.2, 0) is 6.18 Å². The normalized spacial score (nSPS) is 18.7. The number of alkyl halides is 3. The van der Waals surface area contributed by atoms with E-state index >= 15 is 0 Å². The predicted octanol–water partition coefficient (Wildman–Crippen LogP) is 4.65. The molecule has 1 N–H and O–H groups in total. The van der Waals surface area contributed by atoms with Gasteiger partial charge in [0.2, 0.25) is 0 Å². The molecule has 1 aliphatic heterocycles. The first-order valence-corrected chi connectivity index (χ1v) is 11.2. The second kappa shape index (κ2) is 9.44. The average Bonchev–Trinajstić information content (AvgIpc) is 3.29. The fraction of sp³-hybridized carbons (Fsp3) is 0.417. The first-order valence-electron chi connectivity index (χ1n) is 11.2. The van der Waals surface area contributed by atoms with Crippen LogP contribution < -0.4 is 5.32 Å². The van der Waals surface area contributed by atoms with Crippen molar-refractivity contribution >= 4 is 11.7 Å². The summed E-state index contributed by atoms with van der Waals surface area (Å²) < 4.78 is 40.2. The highest BCUT2D eigenvalue weighted by molar-refractivity contribution is 5.98. The molecule has 3 aromatic rings. The number of hydrogen-bond donors (Lipinski definition) is 1. The minimum absolute atomic E-state index is 0.0980. The van der Waals surface area contributed by atoms with E-state index in [2.05, 4.69) is 27.3 Å². The van der Waals surface area contributed by atoms with E-state index in [4.69, 9.17) is 0 Å². The van der Waals surface area contributed by atoms with Gasteiger partial charge in [0, 0.05) is 19.3 Å². The lowest BCUT2D eigenvalue weighted by molar-refractivity contribution is -0.144. The summed E-state index contributed by atoms with van der Waals surface area (Å²) in [6.45, 7) is 7.00. The first-order chi connectivity index (χ1) is 16.1. The molecule has 1 aliphatic rings. The Hall–Kier alpha value is -3.43. The highest BCUT2D eigenvalue weighted by Gasteiger charge is 2.37. The number of nitrogens with zero attached hydrogens (tertiary/aromatic N) is 5. The lowest BCUT2D eigenvalue weighted by Crippen LogP contribution is -2.51. The fourth-order valence-electron chi connectivity index (χ4n) is 4.28. The summed E-state index contributed by atoms with van der Waals surface area (Å²) in [6, 6.07) is 8.80. The molecular formula is C24H27F3N6O. The van der Waals surface area contributed by atoms with Gasteiger partial charge in [0.15, 0.2) is 0 Å². The molecule has 0 bridgehead atoms. The molecule has 1 saturated heterocycles. The molecule has 2 unspecified atom stereocenters. The van der Waals surface area contributed by atoms with E-state index in [1.165, 1.54) is 0 Å². The van der Waals surface area contributed by atoms with Crippen LogP contribution in [0.1, 0.15) is 47.1 Å². The maximum Gasteiger partial charge on any atom is 0.453 e. The Morgan fingerprint density at radius 3 is 2.59 bits per heavy atom. The zero-order chi connectivity index (χ0) is 24.5. The number of pyridine rings is 1. The minimum Gasteiger partial charge on any atom is -0.368 e. The molecule has 2 aromatic heterocycles. The Morgan fingerprint density at radius 1 is 1.15 bits per heavy atom. The number of likely N-dealkylation sites (tertiary alicyclic amines) is 1. The number of nitrogens with one attached hydrogen (secondary N) is 1. The van der Waals surface area contributed by atoms with Gasteiger partial charge in [-0.25, -0.2) is 14.6 Å². The second-order valence-corrected chi connectivity index (χ2v) is 8.82. The van der Waals surface area contributed by atoms with E-state index in [-0.39, 0.29) is 23.6 Å². The Morgan fingerprint density at radius 2 is 1.91 bits per heavy atom. The summed E-state index contributed by atoms with van der Waals surface area (Å²) in [6.07, 6.45) is -0.0542. The van der Waals surface area contributed by atoms with Crippen molar-refractivity contribution in [3.05, 3.63) is 65.4 Å². The van der Waals surface area contributed by atoms with Crippen molar-refractivity contribution in [3.8, 4) is 5.69 Å². The van der Waals surface area contributed by atoms with Crippen molar-refractivity contribution in [2.24, 2.45) is 5.92 Å². The zero-order valence-corrected chi connectivity index (χ0v) is 19.3. The molecule has 10 heteroatoms. The molecule has 0 radical (unpaired) electrons. The molecule has 7 nitrogen and oxygen atoms in total. The summed E-state index contributed by atoms with van der Waals surface area (Å²) in [4.78, 5) is 23.3. The number of hydrogen-bond acceptors (Lipinski definition) is 5. The number of rotatable bonds is 5. The summed E-state index contributed by atoms with van der Waals surface area (Å²) in [7, 11) is 0. The van der Waals surface area contributed by atoms with E-state index in [9.17, 15) is 18.0 Å². The number of carbonyl (C=O) groups is 1. The van der Waals surface area contributed by atoms with Crippen LogP contribution in [0.15, 0.2) is 42.9 Å². The van der Waals surface area contributed by atoms with Gasteiger partial charge in [0.1, 0.15) is 12.1 Å². The predicted molar refractivity (Wildman–Crippen MR) is 122 cm³/mol. The fourth-order valence-corrected chi connectivity index (χ4v) is 4.28. The van der Waals surface area contributed by atoms with Crippen molar-refractivity contribution < 1.29 is 18.0 Å². The molecule has 0 spiro atoms. The Bertz CT molecular complexity index is 1160. The molecule has 4 rings (SSSR count). The summed E-state index contributed by atoms with van der Waals surface area (Å²) >= 11 is 0. The van der Waals surface area contributed by atoms with E-state index in [0.29, 0.717) is 18.7 Å². The van der Waals surface area contributed by atoms with E-state index < -0.39 is 12.0 Å². The van der Waals surface area contributed by atoms with Crippen LogP contribution in [0.3, 0.4) is 0 Å². The molecule has 180 valence electrons. The van der Waals surface area contributed by atoms with Gasteiger partial charge in [-0.2, -0.15) is 13.2 Å². The van der Waals surface area contributed by atoms with Crippen molar-refractivity contribution in [1.82, 2.24) is 24.6 Å². The molecule has 1 fully saturated rings. The molecule has 1 aromatic carbocycles. The Labute approximate surface area is 196 Å². The van der Waals surface area contributed by atoms with Gasteiger partial charge in [-0.15, -0.1) is 5.10 Å². The molecule has 0 saturated carbocycles. The van der Waals surface area contributed by atoms with Gasteiger partial charge in [-0.05, 0) is 56.4 Å². The number of carbonyl (C=O) groups excluding carboxylic acids is 1. The van der Waals surface area contributed by atoms with Crippen LogP contribution in [0, 0.1) is 19.8 Å². The van der Waals surface area contributed by atoms with E-state index in [1.54, 1.807) is 24.4 Å². The van der Waals surface area contributed by atoms with Crippen LogP contribution in [0.4, 0.5) is 19.0 Å². The Balaban J connectivity index is 1.62. The lowest BCUT2D eigenvalue weighted by Gasteiger charge is -2.40. The standard InChI is InChI=1S/C24H27F3N6O/c1-15-6-8-19(33-14-30-23(31-33)24(25,26)27)18(11-15)22(34)32-10-4-5-17(3)20(32)13-29-21-9-7-16(2)12-28-21/h6-9,11-12,14,17,20H,4-5,10,13H2,1-3H3,(H,28,29). The van der Waals surface area contributed by atoms with Crippen molar-refractivity contribution in [2.75, 3.05) is 18.4 Å². The molecule has 2 atom stereocenters. The molecule has 3 heterocycles. The van der Waals surface area contributed by atoms with Gasteiger partial charge in [0.25, 0.3) is 11.7 Å². The Kier molecular flexibility index (Phi) is 6.58. The minimum atomic E-state index is -4.66. The SMILES string of the molecule is Cc1ccc(NCC2C(C)CCCN2C(=O)c2cc(C)ccc2-n2cnc(C(F)(F)F)n2)nc1. The zero-order valence-electron chi connectivity index (χ0n) is 19.3. The van der Waals surface area contributed by atoms with E-state index in [1.807, 2.05) is 30.9 Å². The van der Waals surface area contributed by atoms with Gasteiger partial charge in [-0.1, -0.05) is 24.6 Å². The summed E-state index contributed by atoms with van der Waals surface area (Å²) in [5, 5.41) is 6.90. The lowest BCUT2D eigenvalue weighted by atomic mass is 9.89. The maximum absolute atomic E-state index is 13.8. The van der Waals surface area contributed by atoms with Crippen LogP contribution >= 0.6 is 0 Å². The van der Waals surface area contributed by atoms with Crippen molar-refractivity contribution in [1.29, 1.82) is 0 Å². The number of amides is 1. The second-order valence-electron chi connectivity index (χ2n) is 8.82. The molecule has 34 heavy (non-hydrogen) atoms. The van der Waals surface area contributed by atoms with E-state index in [0.717, 1.165) is 40.8 Å². The van der Waals surface area contributed by atoms with Crippen LogP contribution in [0.25, 0.3) is 5.69 Å². The third-order valence-electron chi connectivity index (χ3n) is 6.15. The third-order valence-corrected chi connectivity index (χ3v) is 6.15. The smallest absolute Gasteiger partial charge is 0.368 e. The number of benzene rings is 1. The molecular weight excluding hydrogens is 445 g/mol. The summed E-state index contributed by atoms with van der Waals surface area (Å²) in [5.74, 6) is -0.509. The maximum atomic E-state index is 13.8. The molecule has 0 aliphatic carbocycles. The van der Waals surface area contributed by atoms with Crippen molar-refractivity contribution in [2.45, 2.75) is 45.8 Å². The van der Waals surface area contributed by atoms with Crippen LogP contribution in [0.2, 0.25) is 0 Å². The number of halogens is 3. The summed E-state index contributed by atoms with van der Waals surface area (Å²) in [5.41, 5.74) is 2.45. The number of aromatic nitrogens is 4. The highest BCUT2D eigenvalue weighted by atomic mass is 19.4. The van der Waals surface area contributed by atoms with Crippen LogP contribution in [-0.4, -0.2) is 49.7 Å². The van der Waals surface area contributed by atoms with Gasteiger partial charge < -0.3 is 10.2 Å².